The lowest BCUT2D eigenvalue weighted by molar-refractivity contribution is -0.136. The summed E-state index contributed by atoms with van der Waals surface area (Å²) in [6.07, 6.45) is 1.55. The van der Waals surface area contributed by atoms with E-state index < -0.39 is 12.6 Å². The van der Waals surface area contributed by atoms with Gasteiger partial charge >= 0.3 is 6.18 Å². The fourth-order valence-electron chi connectivity index (χ4n) is 3.45. The second kappa shape index (κ2) is 6.27. The Bertz CT molecular complexity index is 242. The van der Waals surface area contributed by atoms with Crippen molar-refractivity contribution in [3.05, 3.63) is 0 Å². The van der Waals surface area contributed by atoms with Crippen molar-refractivity contribution in [2.75, 3.05) is 0 Å². The van der Waals surface area contributed by atoms with Crippen LogP contribution in [0.15, 0.2) is 0 Å². The third-order valence-corrected chi connectivity index (χ3v) is 4.18. The highest BCUT2D eigenvalue weighted by Gasteiger charge is 2.39. The smallest absolute Gasteiger partial charge is 0.327 e. The standard InChI is InChI=1S/C14H26F3N/c1-11(2)10-13(7-3-4-8-13)12(18)6-5-9-14(15,16)17/h11-12H,3-10,18H2,1-2H3. The molecule has 0 aromatic carbocycles. The number of alkyl halides is 3. The van der Waals surface area contributed by atoms with Crippen molar-refractivity contribution in [1.29, 1.82) is 0 Å². The second-order valence-corrected chi connectivity index (χ2v) is 6.28. The molecule has 108 valence electrons. The first-order valence-electron chi connectivity index (χ1n) is 7.07. The molecule has 18 heavy (non-hydrogen) atoms. The molecule has 0 spiro atoms. The fraction of sp³-hybridized carbons (Fsp3) is 1.00. The molecule has 1 aliphatic rings. The first kappa shape index (κ1) is 15.8. The average molecular weight is 265 g/mol. The van der Waals surface area contributed by atoms with Crippen molar-refractivity contribution in [2.45, 2.75) is 77.4 Å². The highest BCUT2D eigenvalue weighted by Crippen LogP contribution is 2.46. The average Bonchev–Trinajstić information content (AvgIpc) is 2.64. The molecule has 1 atom stereocenters. The number of nitrogens with two attached hydrogens (primary N) is 1. The van der Waals surface area contributed by atoms with E-state index in [1.165, 1.54) is 12.8 Å². The van der Waals surface area contributed by atoms with Gasteiger partial charge < -0.3 is 5.73 Å². The van der Waals surface area contributed by atoms with Crippen LogP contribution in [0.5, 0.6) is 0 Å². The van der Waals surface area contributed by atoms with E-state index >= 15 is 0 Å². The quantitative estimate of drug-likeness (QED) is 0.743. The normalized spacial score (nSPS) is 21.5. The summed E-state index contributed by atoms with van der Waals surface area (Å²) in [5.41, 5.74) is 6.34. The molecule has 0 bridgehead atoms. The van der Waals surface area contributed by atoms with Gasteiger partial charge in [-0.15, -0.1) is 0 Å². The maximum Gasteiger partial charge on any atom is 0.389 e. The summed E-state index contributed by atoms with van der Waals surface area (Å²) in [6.45, 7) is 4.34. The van der Waals surface area contributed by atoms with Crippen LogP contribution < -0.4 is 5.73 Å². The van der Waals surface area contributed by atoms with Crippen LogP contribution in [-0.4, -0.2) is 12.2 Å². The Balaban J connectivity index is 2.47. The molecular weight excluding hydrogens is 239 g/mol. The lowest BCUT2D eigenvalue weighted by atomic mass is 9.71. The summed E-state index contributed by atoms with van der Waals surface area (Å²) < 4.78 is 36.4. The minimum Gasteiger partial charge on any atom is -0.327 e. The van der Waals surface area contributed by atoms with Crippen molar-refractivity contribution < 1.29 is 13.2 Å². The number of halogens is 3. The molecule has 1 saturated carbocycles. The molecular formula is C14H26F3N. The van der Waals surface area contributed by atoms with Crippen LogP contribution in [0.4, 0.5) is 13.2 Å². The molecule has 1 fully saturated rings. The van der Waals surface area contributed by atoms with E-state index in [1.807, 2.05) is 0 Å². The van der Waals surface area contributed by atoms with Crippen molar-refractivity contribution in [1.82, 2.24) is 0 Å². The fourth-order valence-corrected chi connectivity index (χ4v) is 3.45. The Morgan fingerprint density at radius 3 is 2.17 bits per heavy atom. The highest BCUT2D eigenvalue weighted by molar-refractivity contribution is 4.93. The number of hydrogen-bond acceptors (Lipinski definition) is 1. The van der Waals surface area contributed by atoms with Gasteiger partial charge in [0.2, 0.25) is 0 Å². The molecule has 0 radical (unpaired) electrons. The van der Waals surface area contributed by atoms with E-state index in [9.17, 15) is 13.2 Å². The Morgan fingerprint density at radius 2 is 1.72 bits per heavy atom. The molecule has 1 aliphatic carbocycles. The zero-order chi connectivity index (χ0) is 13.8. The number of hydrogen-bond donors (Lipinski definition) is 1. The summed E-state index contributed by atoms with van der Waals surface area (Å²) >= 11 is 0. The van der Waals surface area contributed by atoms with Crippen LogP contribution in [0.3, 0.4) is 0 Å². The molecule has 4 heteroatoms. The molecule has 0 aromatic rings. The minimum atomic E-state index is -4.04. The van der Waals surface area contributed by atoms with Gasteiger partial charge in [0.15, 0.2) is 0 Å². The van der Waals surface area contributed by atoms with Gasteiger partial charge in [-0.3, -0.25) is 0 Å². The Kier molecular flexibility index (Phi) is 5.50. The lowest BCUT2D eigenvalue weighted by Crippen LogP contribution is -2.41. The molecule has 0 saturated heterocycles. The van der Waals surface area contributed by atoms with Crippen LogP contribution >= 0.6 is 0 Å². The summed E-state index contributed by atoms with van der Waals surface area (Å²) in [4.78, 5) is 0. The van der Waals surface area contributed by atoms with Crippen LogP contribution in [0.25, 0.3) is 0 Å². The number of rotatable bonds is 6. The van der Waals surface area contributed by atoms with Gasteiger partial charge in [-0.2, -0.15) is 13.2 Å². The van der Waals surface area contributed by atoms with Crippen LogP contribution in [0.1, 0.15) is 65.2 Å². The van der Waals surface area contributed by atoms with E-state index in [0.29, 0.717) is 12.3 Å². The summed E-state index contributed by atoms with van der Waals surface area (Å²) in [5.74, 6) is 0.566. The zero-order valence-corrected chi connectivity index (χ0v) is 11.5. The van der Waals surface area contributed by atoms with E-state index in [4.69, 9.17) is 5.73 Å². The van der Waals surface area contributed by atoms with E-state index in [0.717, 1.165) is 19.3 Å². The van der Waals surface area contributed by atoms with Gasteiger partial charge in [-0.25, -0.2) is 0 Å². The van der Waals surface area contributed by atoms with E-state index in [1.54, 1.807) is 0 Å². The van der Waals surface area contributed by atoms with Crippen LogP contribution in [0.2, 0.25) is 0 Å². The maximum absolute atomic E-state index is 12.1. The van der Waals surface area contributed by atoms with Gasteiger partial charge in [0.05, 0.1) is 0 Å². The largest absolute Gasteiger partial charge is 0.389 e. The first-order chi connectivity index (χ1) is 8.25. The van der Waals surface area contributed by atoms with E-state index in [-0.39, 0.29) is 17.9 Å². The molecule has 0 aliphatic heterocycles. The van der Waals surface area contributed by atoms with Gasteiger partial charge in [0, 0.05) is 12.5 Å². The third kappa shape index (κ3) is 4.79. The molecule has 2 N–H and O–H groups in total. The van der Waals surface area contributed by atoms with Crippen molar-refractivity contribution >= 4 is 0 Å². The lowest BCUT2D eigenvalue weighted by Gasteiger charge is -2.37. The highest BCUT2D eigenvalue weighted by atomic mass is 19.4. The molecule has 0 heterocycles. The second-order valence-electron chi connectivity index (χ2n) is 6.28. The first-order valence-corrected chi connectivity index (χ1v) is 7.07. The topological polar surface area (TPSA) is 26.0 Å². The molecule has 0 aromatic heterocycles. The third-order valence-electron chi connectivity index (χ3n) is 4.18. The predicted molar refractivity (Wildman–Crippen MR) is 68.2 cm³/mol. The SMILES string of the molecule is CC(C)CC1(C(N)CCCC(F)(F)F)CCCC1. The predicted octanol–water partition coefficient (Wildman–Crippen LogP) is 4.65. The van der Waals surface area contributed by atoms with E-state index in [2.05, 4.69) is 13.8 Å². The molecule has 1 nitrogen and oxygen atoms in total. The van der Waals surface area contributed by atoms with Crippen molar-refractivity contribution in [3.63, 3.8) is 0 Å². The molecule has 1 rings (SSSR count). The molecule has 1 unspecified atom stereocenters. The summed E-state index contributed by atoms with van der Waals surface area (Å²) in [6, 6.07) is -0.0650. The molecule has 0 amide bonds. The van der Waals surface area contributed by atoms with Crippen LogP contribution in [0, 0.1) is 11.3 Å². The van der Waals surface area contributed by atoms with Gasteiger partial charge in [0.25, 0.3) is 0 Å². The monoisotopic (exact) mass is 265 g/mol. The summed E-state index contributed by atoms with van der Waals surface area (Å²) in [5, 5.41) is 0. The Hall–Kier alpha value is -0.250. The zero-order valence-electron chi connectivity index (χ0n) is 11.5. The van der Waals surface area contributed by atoms with Crippen LogP contribution in [-0.2, 0) is 0 Å². The van der Waals surface area contributed by atoms with Crippen molar-refractivity contribution in [3.8, 4) is 0 Å². The Labute approximate surface area is 108 Å². The van der Waals surface area contributed by atoms with Gasteiger partial charge in [0.1, 0.15) is 0 Å². The minimum absolute atomic E-state index is 0.0650. The summed E-state index contributed by atoms with van der Waals surface area (Å²) in [7, 11) is 0. The van der Waals surface area contributed by atoms with Gasteiger partial charge in [-0.05, 0) is 43.4 Å². The Morgan fingerprint density at radius 1 is 1.17 bits per heavy atom. The maximum atomic E-state index is 12.1. The van der Waals surface area contributed by atoms with Crippen molar-refractivity contribution in [2.24, 2.45) is 17.1 Å². The van der Waals surface area contributed by atoms with Gasteiger partial charge in [-0.1, -0.05) is 26.7 Å².